The molecule has 0 bridgehead atoms. The van der Waals surface area contributed by atoms with Crippen LogP contribution in [-0.2, 0) is 16.1 Å². The molecule has 3 aromatic rings. The van der Waals surface area contributed by atoms with Gasteiger partial charge in [-0.3, -0.25) is 9.59 Å². The number of amides is 2. The number of benzene rings is 3. The summed E-state index contributed by atoms with van der Waals surface area (Å²) in [5.74, 6) is 0.262. The third-order valence-corrected chi connectivity index (χ3v) is 10.5. The van der Waals surface area contributed by atoms with E-state index in [9.17, 15) is 9.59 Å². The van der Waals surface area contributed by atoms with Gasteiger partial charge in [-0.2, -0.15) is 0 Å². The Bertz CT molecular complexity index is 1480. The largest absolute Gasteiger partial charge is 0.368 e. The summed E-state index contributed by atoms with van der Waals surface area (Å²) < 4.78 is 0. The molecule has 2 saturated heterocycles. The van der Waals surface area contributed by atoms with Crippen LogP contribution in [0, 0.1) is 19.8 Å². The Morgan fingerprint density at radius 1 is 0.952 bits per heavy atom. The topological polar surface area (TPSA) is 43.9 Å². The number of rotatable bonds is 5. The Morgan fingerprint density at radius 2 is 1.74 bits per heavy atom. The average molecular weight is 600 g/mol. The first kappa shape index (κ1) is 28.9. The molecule has 0 N–H and O–H groups in total. The van der Waals surface area contributed by atoms with Gasteiger partial charge in [0.25, 0.3) is 5.91 Å². The first-order valence-corrected chi connectivity index (χ1v) is 16.2. The lowest BCUT2D eigenvalue weighted by Crippen LogP contribution is -2.55. The molecule has 2 amide bonds. The average Bonchev–Trinajstić information content (AvgIpc) is 3.00. The minimum Gasteiger partial charge on any atom is -0.368 e. The van der Waals surface area contributed by atoms with Crippen LogP contribution in [0.5, 0.6) is 0 Å². The molecule has 2 heterocycles. The standard InChI is InChI=1S/C35H38ClN3O2S/c1-24-7-6-10-27(19-24)23-39-31-21-28(12-14-32(31)42-33(35(39)41)20-26-8-4-3-5-9-26)34(40)38-17-15-37(16-18-38)30-22-29(36)13-11-25(30)2/h3-11,13,19-20,22,28,31-32H,12,14-18,21,23H2,1-2H3/b33-20-. The van der Waals surface area contributed by atoms with E-state index in [4.69, 9.17) is 11.6 Å². The molecular weight excluding hydrogens is 562 g/mol. The summed E-state index contributed by atoms with van der Waals surface area (Å²) in [5, 5.41) is 1.02. The van der Waals surface area contributed by atoms with Crippen LogP contribution in [0.25, 0.3) is 6.08 Å². The molecule has 7 heteroatoms. The molecule has 3 aromatic carbocycles. The quantitative estimate of drug-likeness (QED) is 0.297. The summed E-state index contributed by atoms with van der Waals surface area (Å²) in [6, 6.07) is 24.5. The second-order valence-electron chi connectivity index (χ2n) is 11.8. The number of nitrogens with zero attached hydrogens (tertiary/aromatic N) is 3. The van der Waals surface area contributed by atoms with Gasteiger partial charge in [-0.15, -0.1) is 11.8 Å². The fourth-order valence-electron chi connectivity index (χ4n) is 6.66. The monoisotopic (exact) mass is 599 g/mol. The SMILES string of the molecule is Cc1cccc(CN2C(=O)/C(=C/c3ccccc3)SC3CCC(C(=O)N4CCN(c5cc(Cl)ccc5C)CC4)CC32)c1. The number of halogens is 1. The molecule has 3 unspecified atom stereocenters. The zero-order valence-corrected chi connectivity index (χ0v) is 25.9. The first-order chi connectivity index (χ1) is 20.4. The van der Waals surface area contributed by atoms with Gasteiger partial charge in [-0.25, -0.2) is 0 Å². The van der Waals surface area contributed by atoms with Crippen LogP contribution >= 0.6 is 23.4 Å². The summed E-state index contributed by atoms with van der Waals surface area (Å²) >= 11 is 7.99. The summed E-state index contributed by atoms with van der Waals surface area (Å²) in [6.07, 6.45) is 4.55. The number of carbonyl (C=O) groups excluding carboxylic acids is 2. The molecule has 3 aliphatic rings. The van der Waals surface area contributed by atoms with Crippen molar-refractivity contribution >= 4 is 46.9 Å². The molecule has 0 radical (unpaired) electrons. The second kappa shape index (κ2) is 12.6. The summed E-state index contributed by atoms with van der Waals surface area (Å²) in [6.45, 7) is 7.77. The fourth-order valence-corrected chi connectivity index (χ4v) is 8.24. The highest BCUT2D eigenvalue weighted by atomic mass is 35.5. The number of hydrogen-bond acceptors (Lipinski definition) is 4. The number of thioether (sulfide) groups is 1. The Morgan fingerprint density at radius 3 is 2.50 bits per heavy atom. The van der Waals surface area contributed by atoms with Crippen molar-refractivity contribution in [2.24, 2.45) is 5.92 Å². The van der Waals surface area contributed by atoms with Crippen molar-refractivity contribution in [3.63, 3.8) is 0 Å². The number of anilines is 1. The van der Waals surface area contributed by atoms with Crippen molar-refractivity contribution in [3.05, 3.63) is 105 Å². The van der Waals surface area contributed by atoms with Gasteiger partial charge in [0, 0.05) is 60.6 Å². The van der Waals surface area contributed by atoms with Gasteiger partial charge in [-0.1, -0.05) is 77.8 Å². The van der Waals surface area contributed by atoms with Crippen molar-refractivity contribution in [1.29, 1.82) is 0 Å². The van der Waals surface area contributed by atoms with Gasteiger partial charge in [0.15, 0.2) is 0 Å². The predicted octanol–water partition coefficient (Wildman–Crippen LogP) is 6.96. The minimum absolute atomic E-state index is 0.0361. The summed E-state index contributed by atoms with van der Waals surface area (Å²) in [7, 11) is 0. The van der Waals surface area contributed by atoms with Crippen molar-refractivity contribution < 1.29 is 9.59 Å². The van der Waals surface area contributed by atoms with Crippen molar-refractivity contribution in [3.8, 4) is 0 Å². The van der Waals surface area contributed by atoms with Crippen LogP contribution in [0.4, 0.5) is 5.69 Å². The smallest absolute Gasteiger partial charge is 0.260 e. The number of fused-ring (bicyclic) bond motifs is 1. The van der Waals surface area contributed by atoms with Crippen molar-refractivity contribution in [1.82, 2.24) is 9.80 Å². The summed E-state index contributed by atoms with van der Waals surface area (Å²) in [5.41, 5.74) is 5.71. The molecule has 218 valence electrons. The second-order valence-corrected chi connectivity index (χ2v) is 13.5. The summed E-state index contributed by atoms with van der Waals surface area (Å²) in [4.78, 5) is 35.1. The number of aryl methyl sites for hydroxylation is 2. The van der Waals surface area contributed by atoms with Gasteiger partial charge >= 0.3 is 0 Å². The lowest BCUT2D eigenvalue weighted by Gasteiger charge is -2.47. The predicted molar refractivity (Wildman–Crippen MR) is 174 cm³/mol. The van der Waals surface area contributed by atoms with E-state index < -0.39 is 0 Å². The minimum atomic E-state index is -0.0567. The lowest BCUT2D eigenvalue weighted by molar-refractivity contribution is -0.140. The van der Waals surface area contributed by atoms with Gasteiger partial charge in [0.2, 0.25) is 5.91 Å². The van der Waals surface area contributed by atoms with Crippen molar-refractivity contribution in [2.45, 2.75) is 50.9 Å². The molecule has 1 saturated carbocycles. The van der Waals surface area contributed by atoms with Gasteiger partial charge in [0.05, 0.1) is 4.91 Å². The molecular formula is C35H38ClN3O2S. The van der Waals surface area contributed by atoms with Crippen LogP contribution in [0.3, 0.4) is 0 Å². The Balaban J connectivity index is 1.18. The molecule has 5 nitrogen and oxygen atoms in total. The normalized spacial score (nSPS) is 23.7. The Kier molecular flexibility index (Phi) is 8.64. The van der Waals surface area contributed by atoms with E-state index in [1.54, 1.807) is 11.8 Å². The maximum absolute atomic E-state index is 14.0. The van der Waals surface area contributed by atoms with E-state index in [0.29, 0.717) is 19.6 Å². The van der Waals surface area contributed by atoms with Gasteiger partial charge in [0.1, 0.15) is 0 Å². The van der Waals surface area contributed by atoms with Crippen LogP contribution in [0.2, 0.25) is 5.02 Å². The highest BCUT2D eigenvalue weighted by Crippen LogP contribution is 2.45. The van der Waals surface area contributed by atoms with Crippen LogP contribution < -0.4 is 4.90 Å². The lowest BCUT2D eigenvalue weighted by atomic mass is 9.83. The van der Waals surface area contributed by atoms with E-state index >= 15 is 0 Å². The van der Waals surface area contributed by atoms with Gasteiger partial charge in [-0.05, 0) is 68.0 Å². The number of carbonyl (C=O) groups is 2. The van der Waals surface area contributed by atoms with Crippen molar-refractivity contribution in [2.75, 3.05) is 31.1 Å². The van der Waals surface area contributed by atoms with Crippen LogP contribution in [-0.4, -0.2) is 59.1 Å². The number of piperazine rings is 1. The zero-order valence-electron chi connectivity index (χ0n) is 24.3. The van der Waals surface area contributed by atoms with E-state index in [0.717, 1.165) is 59.1 Å². The van der Waals surface area contributed by atoms with Crippen LogP contribution in [0.1, 0.15) is 41.5 Å². The van der Waals surface area contributed by atoms with E-state index in [1.165, 1.54) is 11.1 Å². The highest BCUT2D eigenvalue weighted by molar-refractivity contribution is 8.04. The maximum atomic E-state index is 14.0. The third-order valence-electron chi connectivity index (χ3n) is 8.89. The van der Waals surface area contributed by atoms with E-state index in [2.05, 4.69) is 54.0 Å². The third kappa shape index (κ3) is 6.25. The highest BCUT2D eigenvalue weighted by Gasteiger charge is 2.45. The Hall–Kier alpha value is -3.22. The number of hydrogen-bond donors (Lipinski definition) is 0. The molecule has 1 aliphatic carbocycles. The molecule has 2 aliphatic heterocycles. The molecule has 3 fully saturated rings. The van der Waals surface area contributed by atoms with E-state index in [1.807, 2.05) is 53.4 Å². The molecule has 6 rings (SSSR count). The van der Waals surface area contributed by atoms with E-state index in [-0.39, 0.29) is 29.0 Å². The van der Waals surface area contributed by atoms with Crippen LogP contribution in [0.15, 0.2) is 77.7 Å². The molecule has 0 aromatic heterocycles. The first-order valence-electron chi connectivity index (χ1n) is 15.0. The molecule has 0 spiro atoms. The molecule has 42 heavy (non-hydrogen) atoms. The van der Waals surface area contributed by atoms with Gasteiger partial charge < -0.3 is 14.7 Å². The molecule has 3 atom stereocenters. The fraction of sp³-hybridized carbons (Fsp3) is 0.371. The Labute approximate surface area is 258 Å². The maximum Gasteiger partial charge on any atom is 0.260 e. The zero-order chi connectivity index (χ0) is 29.2.